The van der Waals surface area contributed by atoms with Gasteiger partial charge in [0.25, 0.3) is 0 Å². The van der Waals surface area contributed by atoms with E-state index in [-0.39, 0.29) is 42.5 Å². The van der Waals surface area contributed by atoms with Crippen molar-refractivity contribution in [3.05, 3.63) is 46.5 Å². The van der Waals surface area contributed by atoms with Crippen molar-refractivity contribution in [2.24, 2.45) is 17.3 Å². The third-order valence-corrected chi connectivity index (χ3v) is 10.4. The number of fused-ring (bicyclic) bond motifs is 6. The second kappa shape index (κ2) is 10.5. The van der Waals surface area contributed by atoms with E-state index in [1.807, 2.05) is 0 Å². The third-order valence-electron chi connectivity index (χ3n) is 10.4. The normalized spacial score (nSPS) is 30.1. The van der Waals surface area contributed by atoms with E-state index in [1.54, 1.807) is 28.4 Å². The van der Waals surface area contributed by atoms with Crippen LogP contribution in [0.4, 0.5) is 0 Å². The van der Waals surface area contributed by atoms with E-state index in [4.69, 9.17) is 18.9 Å². The Morgan fingerprint density at radius 1 is 0.667 bits per heavy atom. The van der Waals surface area contributed by atoms with E-state index in [9.17, 15) is 10.2 Å². The summed E-state index contributed by atoms with van der Waals surface area (Å²) in [6.45, 7) is 3.83. The van der Waals surface area contributed by atoms with Gasteiger partial charge in [-0.05, 0) is 77.6 Å². The monoisotopic (exact) mass is 538 g/mol. The Balaban J connectivity index is 1.42. The predicted octanol–water partition coefficient (Wildman–Crippen LogP) is 3.23. The zero-order valence-corrected chi connectivity index (χ0v) is 23.6. The average Bonchev–Trinajstić information content (AvgIpc) is 2.98. The maximum atomic E-state index is 10.8. The smallest absolute Gasteiger partial charge is 0.161 e. The Kier molecular flexibility index (Phi) is 7.16. The number of nitrogens with zero attached hydrogens (tertiary/aromatic N) is 2. The van der Waals surface area contributed by atoms with E-state index in [0.29, 0.717) is 0 Å². The van der Waals surface area contributed by atoms with Gasteiger partial charge in [0.2, 0.25) is 0 Å². The average molecular weight is 539 g/mol. The van der Waals surface area contributed by atoms with E-state index in [0.717, 1.165) is 74.9 Å². The maximum absolute atomic E-state index is 10.8. The molecule has 8 heteroatoms. The van der Waals surface area contributed by atoms with Crippen molar-refractivity contribution in [3.8, 4) is 23.0 Å². The molecule has 212 valence electrons. The summed E-state index contributed by atoms with van der Waals surface area (Å²) in [4.78, 5) is 5.09. The van der Waals surface area contributed by atoms with Gasteiger partial charge in [0.1, 0.15) is 0 Å². The second-order valence-electron chi connectivity index (χ2n) is 11.7. The van der Waals surface area contributed by atoms with Gasteiger partial charge in [0.05, 0.1) is 28.4 Å². The number of aliphatic hydroxyl groups is 2. The van der Waals surface area contributed by atoms with Crippen LogP contribution in [0.3, 0.4) is 0 Å². The topological polar surface area (TPSA) is 83.9 Å². The minimum Gasteiger partial charge on any atom is -0.493 e. The summed E-state index contributed by atoms with van der Waals surface area (Å²) in [5, 5.41) is 21.6. The molecule has 0 bridgehead atoms. The van der Waals surface area contributed by atoms with E-state index < -0.39 is 0 Å². The van der Waals surface area contributed by atoms with Crippen molar-refractivity contribution < 1.29 is 29.2 Å². The van der Waals surface area contributed by atoms with Crippen LogP contribution in [0, 0.1) is 17.3 Å². The molecule has 1 spiro atoms. The van der Waals surface area contributed by atoms with Crippen LogP contribution in [0.15, 0.2) is 24.3 Å². The molecule has 2 aromatic carbocycles. The molecule has 39 heavy (non-hydrogen) atoms. The largest absolute Gasteiger partial charge is 0.493 e. The Hall–Kier alpha value is -2.52. The SMILES string of the molecule is COc1cc2c(cc1OC)[C@H]1CC3(C[C@H]4c5cc(OC)c(OC)cc5CCN4C[C@H]3CO)[C@@H](CO)CN1CC2. The first-order valence-electron chi connectivity index (χ1n) is 14.2. The Morgan fingerprint density at radius 2 is 1.05 bits per heavy atom. The van der Waals surface area contributed by atoms with Crippen molar-refractivity contribution in [1.82, 2.24) is 9.80 Å². The van der Waals surface area contributed by atoms with Crippen molar-refractivity contribution in [2.45, 2.75) is 37.8 Å². The van der Waals surface area contributed by atoms with Crippen LogP contribution >= 0.6 is 0 Å². The molecule has 4 aliphatic heterocycles. The molecule has 2 aromatic rings. The van der Waals surface area contributed by atoms with Crippen molar-refractivity contribution in [3.63, 3.8) is 0 Å². The van der Waals surface area contributed by atoms with Crippen molar-refractivity contribution in [2.75, 3.05) is 67.8 Å². The Morgan fingerprint density at radius 3 is 1.41 bits per heavy atom. The lowest BCUT2D eigenvalue weighted by molar-refractivity contribution is -0.135. The summed E-state index contributed by atoms with van der Waals surface area (Å²) in [7, 11) is 6.76. The highest BCUT2D eigenvalue weighted by Crippen LogP contribution is 2.59. The van der Waals surface area contributed by atoms with Gasteiger partial charge in [-0.15, -0.1) is 0 Å². The summed E-state index contributed by atoms with van der Waals surface area (Å²) in [6.07, 6.45) is 3.70. The Bertz CT molecular complexity index is 1120. The summed E-state index contributed by atoms with van der Waals surface area (Å²) >= 11 is 0. The molecular formula is C31H42N2O6. The fourth-order valence-electron chi connectivity index (χ4n) is 8.29. The lowest BCUT2D eigenvalue weighted by atomic mass is 9.54. The molecular weight excluding hydrogens is 496 g/mol. The number of piperidine rings is 2. The quantitative estimate of drug-likeness (QED) is 0.580. The first-order chi connectivity index (χ1) is 19.0. The lowest BCUT2D eigenvalue weighted by Gasteiger charge is -2.61. The summed E-state index contributed by atoms with van der Waals surface area (Å²) < 4.78 is 22.6. The number of ether oxygens (including phenoxy) is 4. The number of benzene rings is 2. The molecule has 0 saturated carbocycles. The molecule has 1 unspecified atom stereocenters. The molecule has 5 atom stereocenters. The maximum Gasteiger partial charge on any atom is 0.161 e. The molecule has 6 rings (SSSR count). The van der Waals surface area contributed by atoms with Crippen LogP contribution in [0.5, 0.6) is 23.0 Å². The van der Waals surface area contributed by atoms with Crippen LogP contribution in [0.2, 0.25) is 0 Å². The van der Waals surface area contributed by atoms with Crippen LogP contribution in [-0.2, 0) is 12.8 Å². The number of hydrogen-bond donors (Lipinski definition) is 2. The van der Waals surface area contributed by atoms with Gasteiger partial charge in [-0.1, -0.05) is 0 Å². The molecule has 2 fully saturated rings. The molecule has 4 heterocycles. The van der Waals surface area contributed by atoms with Gasteiger partial charge < -0.3 is 29.2 Å². The zero-order valence-electron chi connectivity index (χ0n) is 23.6. The van der Waals surface area contributed by atoms with Crippen LogP contribution in [-0.4, -0.2) is 87.8 Å². The molecule has 2 saturated heterocycles. The second-order valence-corrected chi connectivity index (χ2v) is 11.7. The van der Waals surface area contributed by atoms with Gasteiger partial charge >= 0.3 is 0 Å². The fraction of sp³-hybridized carbons (Fsp3) is 0.613. The number of hydrogen-bond acceptors (Lipinski definition) is 8. The summed E-state index contributed by atoms with van der Waals surface area (Å²) in [6, 6.07) is 9.03. The Labute approximate surface area is 231 Å². The minimum atomic E-state index is -0.199. The highest BCUT2D eigenvalue weighted by Gasteiger charge is 2.56. The molecule has 0 aliphatic carbocycles. The van der Waals surface area contributed by atoms with Crippen LogP contribution in [0.25, 0.3) is 0 Å². The minimum absolute atomic E-state index is 0.0975. The van der Waals surface area contributed by atoms with Gasteiger partial charge in [0, 0.05) is 63.3 Å². The van der Waals surface area contributed by atoms with Gasteiger partial charge in [-0.3, -0.25) is 9.80 Å². The predicted molar refractivity (Wildman–Crippen MR) is 148 cm³/mol. The highest BCUT2D eigenvalue weighted by molar-refractivity contribution is 5.51. The molecule has 0 amide bonds. The number of rotatable bonds is 6. The van der Waals surface area contributed by atoms with Gasteiger partial charge in [0.15, 0.2) is 23.0 Å². The van der Waals surface area contributed by atoms with Crippen molar-refractivity contribution >= 4 is 0 Å². The standard InChI is InChI=1S/C31H42N2O6/c1-36-27-9-19-5-7-32-15-21(17-34)31(13-25(32)23(19)11-29(27)38-3)14-26-24-12-30(39-4)28(37-2)10-20(24)6-8-33(26)16-22(31)18-35/h9-12,21-22,25-26,34-35H,5-8,13-18H2,1-4H3/t21-,22+,25-,26+,31?. The van der Waals surface area contributed by atoms with Gasteiger partial charge in [-0.2, -0.15) is 0 Å². The zero-order chi connectivity index (χ0) is 27.3. The number of aliphatic hydroxyl groups excluding tert-OH is 2. The van der Waals surface area contributed by atoms with Gasteiger partial charge in [-0.25, -0.2) is 0 Å². The van der Waals surface area contributed by atoms with E-state index >= 15 is 0 Å². The van der Waals surface area contributed by atoms with E-state index in [2.05, 4.69) is 34.1 Å². The molecule has 2 N–H and O–H groups in total. The lowest BCUT2D eigenvalue weighted by Crippen LogP contribution is -2.61. The molecule has 0 radical (unpaired) electrons. The number of methoxy groups -OCH3 is 4. The van der Waals surface area contributed by atoms with E-state index in [1.165, 1.54) is 22.3 Å². The van der Waals surface area contributed by atoms with Crippen LogP contribution < -0.4 is 18.9 Å². The summed E-state index contributed by atoms with van der Waals surface area (Å²) in [5.41, 5.74) is 5.01. The first kappa shape index (κ1) is 26.7. The molecule has 0 aromatic heterocycles. The highest BCUT2D eigenvalue weighted by atomic mass is 16.5. The third kappa shape index (κ3) is 4.19. The summed E-state index contributed by atoms with van der Waals surface area (Å²) in [5.74, 6) is 3.25. The first-order valence-corrected chi connectivity index (χ1v) is 14.2. The fourth-order valence-corrected chi connectivity index (χ4v) is 8.29. The molecule has 4 aliphatic rings. The molecule has 8 nitrogen and oxygen atoms in total. The van der Waals surface area contributed by atoms with Crippen LogP contribution in [0.1, 0.15) is 47.2 Å². The van der Waals surface area contributed by atoms with Crippen molar-refractivity contribution in [1.29, 1.82) is 0 Å².